The lowest BCUT2D eigenvalue weighted by molar-refractivity contribution is -0.142. The van der Waals surface area contributed by atoms with Gasteiger partial charge in [0.05, 0.1) is 21.7 Å². The number of anilines is 1. The molecule has 21 heavy (non-hydrogen) atoms. The largest absolute Gasteiger partial charge is 0.481 e. The second kappa shape index (κ2) is 6.12. The molecule has 1 aliphatic rings. The number of hydrogen-bond donors (Lipinski definition) is 2. The highest BCUT2D eigenvalue weighted by molar-refractivity contribution is 6.40. The lowest BCUT2D eigenvalue weighted by atomic mass is 9.99. The second-order valence-corrected chi connectivity index (χ2v) is 6.10. The zero-order valence-corrected chi connectivity index (χ0v) is 13.2. The molecule has 0 saturated carbocycles. The number of amides is 2. The molecule has 0 aromatic heterocycles. The average molecular weight is 331 g/mol. The minimum Gasteiger partial charge on any atom is -0.481 e. The predicted octanol–water partition coefficient (Wildman–Crippen LogP) is 3.49. The molecule has 1 saturated heterocycles. The molecule has 0 radical (unpaired) electrons. The van der Waals surface area contributed by atoms with Crippen molar-refractivity contribution in [2.24, 2.45) is 11.8 Å². The third-order valence-corrected chi connectivity index (χ3v) is 4.53. The van der Waals surface area contributed by atoms with Crippen LogP contribution in [0, 0.1) is 18.8 Å². The molecule has 114 valence electrons. The topological polar surface area (TPSA) is 69.6 Å². The summed E-state index contributed by atoms with van der Waals surface area (Å²) in [6.45, 7) is 4.21. The number of rotatable bonds is 2. The number of urea groups is 1. The second-order valence-electron chi connectivity index (χ2n) is 5.31. The molecule has 1 aliphatic heterocycles. The lowest BCUT2D eigenvalue weighted by Crippen LogP contribution is -2.34. The van der Waals surface area contributed by atoms with Crippen molar-refractivity contribution < 1.29 is 14.7 Å². The number of nitrogens with zero attached hydrogens (tertiary/aromatic N) is 1. The van der Waals surface area contributed by atoms with Crippen LogP contribution in [0.25, 0.3) is 0 Å². The van der Waals surface area contributed by atoms with Crippen LogP contribution in [0.4, 0.5) is 10.5 Å². The normalized spacial score (nSPS) is 21.4. The van der Waals surface area contributed by atoms with Gasteiger partial charge in [0.1, 0.15) is 0 Å². The van der Waals surface area contributed by atoms with Gasteiger partial charge in [-0.25, -0.2) is 4.79 Å². The Labute approximate surface area is 132 Å². The molecular formula is C14H16Cl2N2O3. The zero-order chi connectivity index (χ0) is 15.7. The van der Waals surface area contributed by atoms with Crippen LogP contribution in [0.2, 0.25) is 10.0 Å². The van der Waals surface area contributed by atoms with E-state index in [4.69, 9.17) is 28.3 Å². The summed E-state index contributed by atoms with van der Waals surface area (Å²) < 4.78 is 0. The number of halogens is 2. The van der Waals surface area contributed by atoms with Crippen molar-refractivity contribution in [3.63, 3.8) is 0 Å². The van der Waals surface area contributed by atoms with Gasteiger partial charge in [0, 0.05) is 13.1 Å². The Morgan fingerprint density at radius 2 is 2.00 bits per heavy atom. The summed E-state index contributed by atoms with van der Waals surface area (Å²) in [7, 11) is 0. The fourth-order valence-corrected chi connectivity index (χ4v) is 2.88. The summed E-state index contributed by atoms with van der Waals surface area (Å²) in [5, 5.41) is 12.5. The van der Waals surface area contributed by atoms with E-state index in [1.165, 1.54) is 4.90 Å². The summed E-state index contributed by atoms with van der Waals surface area (Å²) in [6, 6.07) is 3.03. The Morgan fingerprint density at radius 3 is 2.57 bits per heavy atom. The first-order valence-electron chi connectivity index (χ1n) is 6.54. The number of nitrogens with one attached hydrogen (secondary N) is 1. The van der Waals surface area contributed by atoms with Gasteiger partial charge < -0.3 is 15.3 Å². The quantitative estimate of drug-likeness (QED) is 0.872. The molecule has 1 fully saturated rings. The SMILES string of the molecule is Cc1ccc(Cl)c(NC(=O)N2C[C@@H](C)[C@H](C(=O)O)C2)c1Cl. The molecule has 5 nitrogen and oxygen atoms in total. The van der Waals surface area contributed by atoms with Crippen molar-refractivity contribution >= 4 is 40.9 Å². The summed E-state index contributed by atoms with van der Waals surface area (Å²) in [4.78, 5) is 24.8. The summed E-state index contributed by atoms with van der Waals surface area (Å²) in [6.07, 6.45) is 0. The van der Waals surface area contributed by atoms with Gasteiger partial charge in [-0.05, 0) is 24.5 Å². The number of aliphatic carboxylic acids is 1. The molecule has 1 aromatic carbocycles. The fraction of sp³-hybridized carbons (Fsp3) is 0.429. The van der Waals surface area contributed by atoms with Gasteiger partial charge in [-0.15, -0.1) is 0 Å². The maximum Gasteiger partial charge on any atom is 0.321 e. The molecule has 0 bridgehead atoms. The van der Waals surface area contributed by atoms with Crippen molar-refractivity contribution in [1.82, 2.24) is 4.90 Å². The van der Waals surface area contributed by atoms with Crippen LogP contribution in [-0.2, 0) is 4.79 Å². The molecule has 2 atom stereocenters. The van der Waals surface area contributed by atoms with E-state index in [1.54, 1.807) is 12.1 Å². The molecule has 7 heteroatoms. The Morgan fingerprint density at radius 1 is 1.33 bits per heavy atom. The third-order valence-electron chi connectivity index (χ3n) is 3.73. The summed E-state index contributed by atoms with van der Waals surface area (Å²) >= 11 is 12.2. The number of hydrogen-bond acceptors (Lipinski definition) is 2. The van der Waals surface area contributed by atoms with E-state index in [-0.39, 0.29) is 18.5 Å². The highest BCUT2D eigenvalue weighted by Crippen LogP contribution is 2.33. The Kier molecular flexibility index (Phi) is 4.64. The van der Waals surface area contributed by atoms with Gasteiger partial charge in [0.15, 0.2) is 0 Å². The van der Waals surface area contributed by atoms with Crippen molar-refractivity contribution in [1.29, 1.82) is 0 Å². The summed E-state index contributed by atoms with van der Waals surface area (Å²) in [5.41, 5.74) is 1.16. The van der Waals surface area contributed by atoms with Gasteiger partial charge in [-0.2, -0.15) is 0 Å². The smallest absolute Gasteiger partial charge is 0.321 e. The minimum absolute atomic E-state index is 0.0864. The molecule has 0 spiro atoms. The van der Waals surface area contributed by atoms with Crippen LogP contribution in [-0.4, -0.2) is 35.1 Å². The zero-order valence-electron chi connectivity index (χ0n) is 11.7. The van der Waals surface area contributed by atoms with E-state index in [2.05, 4.69) is 5.32 Å². The number of carboxylic acid groups (broad SMARTS) is 1. The van der Waals surface area contributed by atoms with E-state index >= 15 is 0 Å². The highest BCUT2D eigenvalue weighted by atomic mass is 35.5. The lowest BCUT2D eigenvalue weighted by Gasteiger charge is -2.18. The maximum absolute atomic E-state index is 12.2. The van der Waals surface area contributed by atoms with Gasteiger partial charge >= 0.3 is 12.0 Å². The van der Waals surface area contributed by atoms with E-state index in [0.717, 1.165) is 5.56 Å². The number of carboxylic acids is 1. The van der Waals surface area contributed by atoms with Gasteiger partial charge in [0.2, 0.25) is 0 Å². The molecule has 0 unspecified atom stereocenters. The first-order valence-corrected chi connectivity index (χ1v) is 7.30. The number of benzene rings is 1. The van der Waals surface area contributed by atoms with Crippen LogP contribution < -0.4 is 5.32 Å². The van der Waals surface area contributed by atoms with E-state index in [0.29, 0.717) is 22.3 Å². The van der Waals surface area contributed by atoms with Crippen LogP contribution in [0.5, 0.6) is 0 Å². The maximum atomic E-state index is 12.2. The molecule has 1 heterocycles. The number of likely N-dealkylation sites (tertiary alicyclic amines) is 1. The van der Waals surface area contributed by atoms with Crippen molar-refractivity contribution in [3.05, 3.63) is 27.7 Å². The highest BCUT2D eigenvalue weighted by Gasteiger charge is 2.37. The van der Waals surface area contributed by atoms with Crippen molar-refractivity contribution in [2.45, 2.75) is 13.8 Å². The Balaban J connectivity index is 2.13. The molecule has 1 aromatic rings. The standard InChI is InChI=1S/C14H16Cl2N2O3/c1-7-3-4-10(15)12(11(7)16)17-14(21)18-5-8(2)9(6-18)13(19)20/h3-4,8-9H,5-6H2,1-2H3,(H,17,21)(H,19,20)/t8-,9-/m1/s1. The van der Waals surface area contributed by atoms with Gasteiger partial charge in [-0.1, -0.05) is 36.2 Å². The van der Waals surface area contributed by atoms with Crippen molar-refractivity contribution in [2.75, 3.05) is 18.4 Å². The van der Waals surface area contributed by atoms with Crippen LogP contribution in [0.1, 0.15) is 12.5 Å². The fourth-order valence-electron chi connectivity index (χ4n) is 2.41. The van der Waals surface area contributed by atoms with Gasteiger partial charge in [-0.3, -0.25) is 4.79 Å². The third kappa shape index (κ3) is 3.24. The molecule has 2 rings (SSSR count). The first-order chi connectivity index (χ1) is 9.81. The average Bonchev–Trinajstić information content (AvgIpc) is 2.81. The monoisotopic (exact) mass is 330 g/mol. The van der Waals surface area contributed by atoms with Crippen LogP contribution >= 0.6 is 23.2 Å². The molecular weight excluding hydrogens is 315 g/mol. The predicted molar refractivity (Wildman–Crippen MR) is 82.1 cm³/mol. The summed E-state index contributed by atoms with van der Waals surface area (Å²) in [5.74, 6) is -1.51. The molecule has 2 N–H and O–H groups in total. The first kappa shape index (κ1) is 15.9. The van der Waals surface area contributed by atoms with E-state index in [9.17, 15) is 9.59 Å². The van der Waals surface area contributed by atoms with Crippen molar-refractivity contribution in [3.8, 4) is 0 Å². The number of carbonyl (C=O) groups excluding carboxylic acids is 1. The van der Waals surface area contributed by atoms with E-state index in [1.807, 2.05) is 13.8 Å². The Hall–Kier alpha value is -1.46. The minimum atomic E-state index is -0.885. The van der Waals surface area contributed by atoms with E-state index < -0.39 is 11.9 Å². The van der Waals surface area contributed by atoms with Crippen LogP contribution in [0.15, 0.2) is 12.1 Å². The number of carbonyl (C=O) groups is 2. The molecule has 0 aliphatic carbocycles. The molecule has 2 amide bonds. The van der Waals surface area contributed by atoms with Crippen LogP contribution in [0.3, 0.4) is 0 Å². The van der Waals surface area contributed by atoms with Gasteiger partial charge in [0.25, 0.3) is 0 Å². The Bertz CT molecular complexity index is 592. The number of aryl methyl sites for hydroxylation is 1.